The van der Waals surface area contributed by atoms with Gasteiger partial charge in [-0.3, -0.25) is 9.59 Å². The van der Waals surface area contributed by atoms with E-state index in [1.54, 1.807) is 6.07 Å². The Kier molecular flexibility index (Phi) is 7.96. The van der Waals surface area contributed by atoms with E-state index in [-0.39, 0.29) is 23.8 Å². The molecule has 1 aromatic carbocycles. The summed E-state index contributed by atoms with van der Waals surface area (Å²) >= 11 is 0. The molecule has 0 saturated carbocycles. The summed E-state index contributed by atoms with van der Waals surface area (Å²) in [6.45, 7) is 12.2. The van der Waals surface area contributed by atoms with Gasteiger partial charge in [0.2, 0.25) is 5.91 Å². The highest BCUT2D eigenvalue weighted by Crippen LogP contribution is 2.11. The SMILES string of the molecule is Cc1ccccc1C(=O)N[C@H](C(=O)NC(C)CCC(C)C)C(C)C. The Balaban J connectivity index is 2.71. The lowest BCUT2D eigenvalue weighted by atomic mass is 10.00. The van der Waals surface area contributed by atoms with E-state index in [2.05, 4.69) is 24.5 Å². The van der Waals surface area contributed by atoms with Crippen molar-refractivity contribution in [2.45, 2.75) is 66.5 Å². The van der Waals surface area contributed by atoms with Gasteiger partial charge in [0.05, 0.1) is 0 Å². The number of nitrogens with one attached hydrogen (secondary N) is 2. The molecule has 0 bridgehead atoms. The highest BCUT2D eigenvalue weighted by molar-refractivity contribution is 5.98. The minimum absolute atomic E-state index is 0.0234. The lowest BCUT2D eigenvalue weighted by Crippen LogP contribution is -2.51. The molecule has 2 atom stereocenters. The van der Waals surface area contributed by atoms with Crippen molar-refractivity contribution in [3.05, 3.63) is 35.4 Å². The molecule has 2 amide bonds. The van der Waals surface area contributed by atoms with Crippen LogP contribution in [0.2, 0.25) is 0 Å². The number of rotatable bonds is 8. The molecule has 24 heavy (non-hydrogen) atoms. The van der Waals surface area contributed by atoms with Crippen LogP contribution in [-0.2, 0) is 4.79 Å². The molecule has 1 unspecified atom stereocenters. The number of carbonyl (C=O) groups excluding carboxylic acids is 2. The molecule has 0 spiro atoms. The average Bonchev–Trinajstić information content (AvgIpc) is 2.50. The van der Waals surface area contributed by atoms with Crippen LogP contribution in [0, 0.1) is 18.8 Å². The predicted molar refractivity (Wildman–Crippen MR) is 98.9 cm³/mol. The molecular weight excluding hydrogens is 300 g/mol. The Bertz CT molecular complexity index is 552. The molecule has 0 fully saturated rings. The first-order valence-electron chi connectivity index (χ1n) is 8.89. The molecule has 0 saturated heterocycles. The fourth-order valence-corrected chi connectivity index (χ4v) is 2.57. The van der Waals surface area contributed by atoms with Crippen molar-refractivity contribution in [2.75, 3.05) is 0 Å². The lowest BCUT2D eigenvalue weighted by molar-refractivity contribution is -0.124. The molecule has 4 heteroatoms. The molecule has 1 rings (SSSR count). The molecule has 0 heterocycles. The molecule has 0 aliphatic rings. The van der Waals surface area contributed by atoms with Gasteiger partial charge < -0.3 is 10.6 Å². The number of aryl methyl sites for hydroxylation is 1. The van der Waals surface area contributed by atoms with Gasteiger partial charge in [0.15, 0.2) is 0 Å². The monoisotopic (exact) mass is 332 g/mol. The van der Waals surface area contributed by atoms with E-state index in [4.69, 9.17) is 0 Å². The number of amides is 2. The van der Waals surface area contributed by atoms with Crippen molar-refractivity contribution in [3.8, 4) is 0 Å². The second kappa shape index (κ2) is 9.45. The Morgan fingerprint density at radius 3 is 2.12 bits per heavy atom. The molecule has 4 nitrogen and oxygen atoms in total. The minimum Gasteiger partial charge on any atom is -0.352 e. The van der Waals surface area contributed by atoms with Crippen LogP contribution in [0.1, 0.15) is 63.4 Å². The van der Waals surface area contributed by atoms with Crippen LogP contribution < -0.4 is 10.6 Å². The van der Waals surface area contributed by atoms with Crippen LogP contribution in [-0.4, -0.2) is 23.9 Å². The van der Waals surface area contributed by atoms with Gasteiger partial charge in [-0.25, -0.2) is 0 Å². The van der Waals surface area contributed by atoms with E-state index < -0.39 is 6.04 Å². The lowest BCUT2D eigenvalue weighted by Gasteiger charge is -2.24. The van der Waals surface area contributed by atoms with Crippen LogP contribution in [0.4, 0.5) is 0 Å². The fraction of sp³-hybridized carbons (Fsp3) is 0.600. The van der Waals surface area contributed by atoms with Crippen molar-refractivity contribution in [3.63, 3.8) is 0 Å². The first-order valence-corrected chi connectivity index (χ1v) is 8.89. The van der Waals surface area contributed by atoms with Crippen molar-refractivity contribution in [1.29, 1.82) is 0 Å². The molecule has 0 radical (unpaired) electrons. The standard InChI is InChI=1S/C20H32N2O2/c1-13(2)11-12-16(6)21-20(24)18(14(3)4)22-19(23)17-10-8-7-9-15(17)5/h7-10,13-14,16,18H,11-12H2,1-6H3,(H,21,24)(H,22,23)/t16?,18-/m0/s1. The Labute approximate surface area is 146 Å². The molecule has 1 aromatic rings. The largest absolute Gasteiger partial charge is 0.352 e. The van der Waals surface area contributed by atoms with E-state index in [0.29, 0.717) is 11.5 Å². The summed E-state index contributed by atoms with van der Waals surface area (Å²) in [5, 5.41) is 5.93. The maximum atomic E-state index is 12.6. The summed E-state index contributed by atoms with van der Waals surface area (Å²) in [6.07, 6.45) is 2.02. The van der Waals surface area contributed by atoms with Gasteiger partial charge in [-0.2, -0.15) is 0 Å². The molecular formula is C20H32N2O2. The van der Waals surface area contributed by atoms with E-state index in [1.807, 2.05) is 45.9 Å². The normalized spacial score (nSPS) is 13.7. The van der Waals surface area contributed by atoms with Gasteiger partial charge in [0.25, 0.3) is 5.91 Å². The van der Waals surface area contributed by atoms with Gasteiger partial charge in [0, 0.05) is 11.6 Å². The summed E-state index contributed by atoms with van der Waals surface area (Å²) in [4.78, 5) is 25.1. The summed E-state index contributed by atoms with van der Waals surface area (Å²) < 4.78 is 0. The van der Waals surface area contributed by atoms with Gasteiger partial charge in [-0.1, -0.05) is 45.9 Å². The van der Waals surface area contributed by atoms with Crippen molar-refractivity contribution in [1.82, 2.24) is 10.6 Å². The summed E-state index contributed by atoms with van der Waals surface area (Å²) in [5.41, 5.74) is 1.52. The zero-order valence-corrected chi connectivity index (χ0v) is 15.8. The van der Waals surface area contributed by atoms with Gasteiger partial charge in [0.1, 0.15) is 6.04 Å². The third-order valence-corrected chi connectivity index (χ3v) is 4.19. The highest BCUT2D eigenvalue weighted by atomic mass is 16.2. The van der Waals surface area contributed by atoms with Gasteiger partial charge >= 0.3 is 0 Å². The zero-order valence-electron chi connectivity index (χ0n) is 15.8. The fourth-order valence-electron chi connectivity index (χ4n) is 2.57. The summed E-state index contributed by atoms with van der Waals surface area (Å²) in [5.74, 6) is 0.334. The van der Waals surface area contributed by atoms with E-state index >= 15 is 0 Å². The predicted octanol–water partition coefficient (Wildman–Crippen LogP) is 3.69. The number of hydrogen-bond acceptors (Lipinski definition) is 2. The quantitative estimate of drug-likeness (QED) is 0.763. The number of carbonyl (C=O) groups is 2. The van der Waals surface area contributed by atoms with Crippen molar-refractivity contribution < 1.29 is 9.59 Å². The third kappa shape index (κ3) is 6.34. The minimum atomic E-state index is -0.529. The molecule has 0 aliphatic heterocycles. The van der Waals surface area contributed by atoms with Crippen LogP contribution >= 0.6 is 0 Å². The Morgan fingerprint density at radius 2 is 1.58 bits per heavy atom. The van der Waals surface area contributed by atoms with E-state index in [9.17, 15) is 9.59 Å². The topological polar surface area (TPSA) is 58.2 Å². The summed E-state index contributed by atoms with van der Waals surface area (Å²) in [7, 11) is 0. The van der Waals surface area contributed by atoms with Crippen molar-refractivity contribution in [2.24, 2.45) is 11.8 Å². The highest BCUT2D eigenvalue weighted by Gasteiger charge is 2.26. The molecule has 134 valence electrons. The number of hydrogen-bond donors (Lipinski definition) is 2. The van der Waals surface area contributed by atoms with Gasteiger partial charge in [-0.05, 0) is 50.2 Å². The van der Waals surface area contributed by atoms with Crippen LogP contribution in [0.15, 0.2) is 24.3 Å². The second-order valence-electron chi connectivity index (χ2n) is 7.39. The van der Waals surface area contributed by atoms with E-state index in [1.165, 1.54) is 0 Å². The second-order valence-corrected chi connectivity index (χ2v) is 7.39. The Morgan fingerprint density at radius 1 is 0.958 bits per heavy atom. The smallest absolute Gasteiger partial charge is 0.252 e. The zero-order chi connectivity index (χ0) is 18.3. The maximum absolute atomic E-state index is 12.6. The first kappa shape index (κ1) is 20.2. The van der Waals surface area contributed by atoms with Crippen LogP contribution in [0.5, 0.6) is 0 Å². The molecule has 0 aliphatic carbocycles. The van der Waals surface area contributed by atoms with E-state index in [0.717, 1.165) is 18.4 Å². The maximum Gasteiger partial charge on any atom is 0.252 e. The summed E-state index contributed by atoms with van der Waals surface area (Å²) in [6, 6.07) is 6.99. The van der Waals surface area contributed by atoms with Crippen LogP contribution in [0.3, 0.4) is 0 Å². The first-order chi connectivity index (χ1) is 11.2. The molecule has 0 aromatic heterocycles. The molecule has 2 N–H and O–H groups in total. The van der Waals surface area contributed by atoms with Gasteiger partial charge in [-0.15, -0.1) is 0 Å². The third-order valence-electron chi connectivity index (χ3n) is 4.19. The van der Waals surface area contributed by atoms with Crippen LogP contribution in [0.25, 0.3) is 0 Å². The average molecular weight is 332 g/mol. The number of benzene rings is 1. The van der Waals surface area contributed by atoms with Crippen molar-refractivity contribution >= 4 is 11.8 Å². The Hall–Kier alpha value is -1.84.